The van der Waals surface area contributed by atoms with Crippen LogP contribution in [0.15, 0.2) is 35.8 Å². The Labute approximate surface area is 388 Å². The van der Waals surface area contributed by atoms with E-state index in [0.29, 0.717) is 35.0 Å². The number of hydrogen-bond acceptors (Lipinski definition) is 24. The summed E-state index contributed by atoms with van der Waals surface area (Å²) in [7, 11) is 0. The highest BCUT2D eigenvalue weighted by Crippen LogP contribution is 2.35. The lowest BCUT2D eigenvalue weighted by Gasteiger charge is -2.47. The number of carbonyl (C=O) groups is 2. The molecule has 2 amide bonds. The first kappa shape index (κ1) is 51.1. The van der Waals surface area contributed by atoms with Gasteiger partial charge in [-0.15, -0.1) is 16.4 Å². The first-order chi connectivity index (χ1) is 32.0. The van der Waals surface area contributed by atoms with Crippen LogP contribution in [0.1, 0.15) is 31.9 Å². The fourth-order valence-electron chi connectivity index (χ4n) is 8.49. The van der Waals surface area contributed by atoms with Crippen LogP contribution in [0, 0.1) is 0 Å². The van der Waals surface area contributed by atoms with Crippen molar-refractivity contribution in [3.63, 3.8) is 0 Å². The third-order valence-corrected chi connectivity index (χ3v) is 13.0. The Bertz CT molecular complexity index is 2110. The highest BCUT2D eigenvalue weighted by Gasteiger charge is 2.54. The molecule has 4 fully saturated rings. The molecule has 0 bridgehead atoms. The van der Waals surface area contributed by atoms with Gasteiger partial charge in [0, 0.05) is 61.3 Å². The van der Waals surface area contributed by atoms with E-state index in [1.165, 1.54) is 22.9 Å². The van der Waals surface area contributed by atoms with Crippen molar-refractivity contribution in [2.75, 3.05) is 23.7 Å². The minimum Gasteiger partial charge on any atom is -0.389 e. The van der Waals surface area contributed by atoms with Crippen LogP contribution >= 0.6 is 11.3 Å². The van der Waals surface area contributed by atoms with Gasteiger partial charge in [0.25, 0.3) is 0 Å². The number of nitrogens with zero attached hydrogens (tertiary/aromatic N) is 4. The topological polar surface area (TPSA) is 435 Å². The molecule has 4 unspecified atom stereocenters. The van der Waals surface area contributed by atoms with E-state index < -0.39 is 116 Å². The number of thiazole rings is 1. The fraction of sp³-hybridized carbons (Fsp3) is 0.675. The molecule has 3 saturated heterocycles. The van der Waals surface area contributed by atoms with E-state index in [2.05, 4.69) is 25.9 Å². The van der Waals surface area contributed by atoms with Gasteiger partial charge in [0.1, 0.15) is 67.1 Å². The second kappa shape index (κ2) is 22.3. The number of aryl methyl sites for hydroxylation is 1. The summed E-state index contributed by atoms with van der Waals surface area (Å²) in [5.74, 6) is -0.462. The molecule has 7 rings (SSSR count). The van der Waals surface area contributed by atoms with Crippen LogP contribution in [0.3, 0.4) is 0 Å². The highest BCUT2D eigenvalue weighted by molar-refractivity contribution is 7.14. The summed E-state index contributed by atoms with van der Waals surface area (Å²) in [5, 5.41) is 81.8. The van der Waals surface area contributed by atoms with Crippen LogP contribution in [0.2, 0.25) is 0 Å². The molecule has 3 aromatic rings. The summed E-state index contributed by atoms with van der Waals surface area (Å²) in [4.78, 5) is 28.8. The largest absolute Gasteiger partial charge is 0.389 e. The number of aliphatic hydroxyl groups excluding tert-OH is 6. The van der Waals surface area contributed by atoms with Gasteiger partial charge in [-0.25, -0.2) is 9.67 Å². The predicted molar refractivity (Wildman–Crippen MR) is 235 cm³/mol. The summed E-state index contributed by atoms with van der Waals surface area (Å²) in [5.41, 5.74) is 39.2. The Morgan fingerprint density at radius 3 is 2.06 bits per heavy atom. The number of aliphatic hydroxyl groups is 6. The monoisotopic (exact) mass is 966 g/mol. The Morgan fingerprint density at radius 2 is 1.42 bits per heavy atom. The fourth-order valence-corrected chi connectivity index (χ4v) is 9.26. The van der Waals surface area contributed by atoms with E-state index in [0.717, 1.165) is 5.56 Å². The number of benzene rings is 1. The number of amides is 2. The van der Waals surface area contributed by atoms with Gasteiger partial charge in [0.2, 0.25) is 11.8 Å². The predicted octanol–water partition coefficient (Wildman–Crippen LogP) is -5.55. The van der Waals surface area contributed by atoms with Gasteiger partial charge in [0.05, 0.1) is 36.1 Å². The molecule has 1 aliphatic carbocycles. The van der Waals surface area contributed by atoms with Gasteiger partial charge in [-0.3, -0.25) is 9.59 Å². The molecule has 19 atom stereocenters. The van der Waals surface area contributed by atoms with Gasteiger partial charge in [0.15, 0.2) is 24.0 Å². The quantitative estimate of drug-likeness (QED) is 0.0600. The zero-order valence-corrected chi connectivity index (χ0v) is 37.3. The minimum absolute atomic E-state index is 0.0552. The molecule has 5 heterocycles. The van der Waals surface area contributed by atoms with E-state index in [9.17, 15) is 40.2 Å². The average molecular weight is 967 g/mol. The van der Waals surface area contributed by atoms with Crippen LogP contribution in [0.25, 0.3) is 11.3 Å². The van der Waals surface area contributed by atoms with Gasteiger partial charge >= 0.3 is 0 Å². The molecule has 20 N–H and O–H groups in total. The third-order valence-electron chi connectivity index (χ3n) is 12.2. The number of nitrogens with two attached hydrogens (primary N) is 6. The number of rotatable bonds is 17. The van der Waals surface area contributed by atoms with Gasteiger partial charge < -0.3 is 104 Å². The number of hydrogen-bond donors (Lipinski definition) is 14. The van der Waals surface area contributed by atoms with Crippen molar-refractivity contribution in [3.8, 4) is 11.3 Å². The van der Waals surface area contributed by atoms with Crippen LogP contribution in [-0.4, -0.2) is 192 Å². The molecule has 26 nitrogen and oxygen atoms in total. The van der Waals surface area contributed by atoms with E-state index in [-0.39, 0.29) is 44.3 Å². The molecule has 1 saturated carbocycles. The van der Waals surface area contributed by atoms with Crippen molar-refractivity contribution >= 4 is 34.0 Å². The van der Waals surface area contributed by atoms with Gasteiger partial charge in [-0.1, -0.05) is 17.3 Å². The molecule has 1 aromatic carbocycles. The van der Waals surface area contributed by atoms with E-state index in [1.807, 2.05) is 6.07 Å². The van der Waals surface area contributed by atoms with Crippen molar-refractivity contribution in [1.29, 1.82) is 0 Å². The van der Waals surface area contributed by atoms with Crippen molar-refractivity contribution in [2.24, 2.45) is 34.4 Å². The average Bonchev–Trinajstić information content (AvgIpc) is 4.03. The lowest BCUT2D eigenvalue weighted by molar-refractivity contribution is -0.306. The van der Waals surface area contributed by atoms with Crippen molar-refractivity contribution in [1.82, 2.24) is 20.0 Å². The number of nitrogens with one attached hydrogen (secondary N) is 2. The second-order valence-corrected chi connectivity index (χ2v) is 18.1. The summed E-state index contributed by atoms with van der Waals surface area (Å²) in [6.45, 7) is 0.908. The molecule has 372 valence electrons. The molecule has 4 aliphatic rings. The molecule has 67 heavy (non-hydrogen) atoms. The van der Waals surface area contributed by atoms with Crippen LogP contribution in [0.5, 0.6) is 0 Å². The Kier molecular flexibility index (Phi) is 17.0. The smallest absolute Gasteiger partial charge is 0.224 e. The SMILES string of the molecule is CC(=O)Nc1nc(-c2cccc(NC(=O)CCCc3cn(CC4OC(O[C@@H]5[C@@H](O)[C@H](N)C[C@H](N)[C@H]5O[C@H]5O[C@H](CN)[C@@H](O)[C@H](O)[C@H]5N)C(O)C4O[C@H]4O[C@H](CN)[C@@H](O)[C@H](O)[C@H]4N)nn3)c2)cs1. The maximum atomic E-state index is 12.9. The minimum atomic E-state index is -1.65. The maximum absolute atomic E-state index is 12.9. The lowest BCUT2D eigenvalue weighted by Crippen LogP contribution is -2.68. The molecular weight excluding hydrogens is 905 g/mol. The second-order valence-electron chi connectivity index (χ2n) is 17.2. The first-order valence-corrected chi connectivity index (χ1v) is 22.8. The molecule has 27 heteroatoms. The maximum Gasteiger partial charge on any atom is 0.224 e. The summed E-state index contributed by atoms with van der Waals surface area (Å²) < 4.78 is 37.9. The molecule has 0 radical (unpaired) electrons. The summed E-state index contributed by atoms with van der Waals surface area (Å²) >= 11 is 1.29. The van der Waals surface area contributed by atoms with Crippen molar-refractivity contribution in [2.45, 2.75) is 155 Å². The van der Waals surface area contributed by atoms with Gasteiger partial charge in [-0.05, 0) is 31.4 Å². The van der Waals surface area contributed by atoms with Crippen molar-refractivity contribution in [3.05, 3.63) is 41.5 Å². The zero-order valence-electron chi connectivity index (χ0n) is 36.5. The zero-order chi connectivity index (χ0) is 48.3. The molecule has 2 aromatic heterocycles. The molecule has 0 spiro atoms. The number of ether oxygens (including phenoxy) is 6. The highest BCUT2D eigenvalue weighted by atomic mass is 32.1. The Balaban J connectivity index is 1.02. The van der Waals surface area contributed by atoms with E-state index in [1.54, 1.807) is 29.8 Å². The summed E-state index contributed by atoms with van der Waals surface area (Å²) in [6, 6.07) is 2.78. The standard InChI is InChI=1S/C40H62N12O14S/c1-15(53)47-40-49-21(14-67-40)16-4-2-5-17(8-16)48-25(54)7-3-6-18-12-52(51-50-18)13-24-35(65-38-27(46)32(59)30(57)23(11-42)62-38)33(60)39(63-24)66-36-28(55)19(43)9-20(44)34(36)64-37-26(45)31(58)29(56)22(10-41)61-37/h2,4-5,8,12,14,19-20,22-24,26-39,55-60H,3,6-7,9-11,13,41-46H2,1H3,(H,48,54)(H,47,49,53)/t19-,20+,22-,23-,24?,26-,27-,28+,29-,30-,31-,32-,33?,34-,35?,36-,37-,38-,39?/m1/s1. The van der Waals surface area contributed by atoms with Crippen LogP contribution < -0.4 is 45.0 Å². The van der Waals surface area contributed by atoms with Crippen LogP contribution in [-0.2, 0) is 51.0 Å². The normalized spacial score (nSPS) is 37.9. The third kappa shape index (κ3) is 11.8. The van der Waals surface area contributed by atoms with Gasteiger partial charge in [-0.2, -0.15) is 0 Å². The first-order valence-electron chi connectivity index (χ1n) is 21.9. The lowest BCUT2D eigenvalue weighted by atomic mass is 9.84. The van der Waals surface area contributed by atoms with E-state index >= 15 is 0 Å². The van der Waals surface area contributed by atoms with Crippen LogP contribution in [0.4, 0.5) is 10.8 Å². The van der Waals surface area contributed by atoms with E-state index in [4.69, 9.17) is 62.8 Å². The molecular formula is C40H62N12O14S. The number of carbonyl (C=O) groups excluding carboxylic acids is 2. The Hall–Kier alpha value is -3.79. The number of anilines is 2. The molecule has 3 aliphatic heterocycles. The number of aromatic nitrogens is 4. The summed E-state index contributed by atoms with van der Waals surface area (Å²) in [6.07, 6.45) is -17.9. The van der Waals surface area contributed by atoms with Crippen molar-refractivity contribution < 1.29 is 68.6 Å². The Morgan fingerprint density at radius 1 is 0.791 bits per heavy atom.